The molecular weight excluding hydrogens is 402 g/mol. The third-order valence-electron chi connectivity index (χ3n) is 4.88. The number of carbonyl (C=O) groups excluding carboxylic acids is 1. The number of rotatable bonds is 7. The Morgan fingerprint density at radius 1 is 1.17 bits per heavy atom. The molecule has 1 amide bonds. The van der Waals surface area contributed by atoms with Crippen molar-refractivity contribution in [3.8, 4) is 22.4 Å². The van der Waals surface area contributed by atoms with Gasteiger partial charge in [0.2, 0.25) is 0 Å². The molecule has 0 aliphatic heterocycles. The first-order valence-corrected chi connectivity index (χ1v) is 10.1. The lowest BCUT2D eigenvalue weighted by atomic mass is 9.84. The smallest absolute Gasteiger partial charge is 0.404 e. The molecule has 3 aromatic rings. The van der Waals surface area contributed by atoms with Crippen LogP contribution in [0.3, 0.4) is 0 Å². The normalized spacial score (nSPS) is 12.4. The zero-order valence-corrected chi connectivity index (χ0v) is 18.0. The molecule has 0 aliphatic carbocycles. The Morgan fingerprint density at radius 2 is 1.83 bits per heavy atom. The molecule has 0 radical (unpaired) electrons. The van der Waals surface area contributed by atoms with E-state index < -0.39 is 6.09 Å². The monoisotopic (exact) mass is 427 g/mol. The van der Waals surface area contributed by atoms with Gasteiger partial charge in [0.25, 0.3) is 0 Å². The zero-order valence-electron chi connectivity index (χ0n) is 17.3. The number of benzene rings is 1. The van der Waals surface area contributed by atoms with E-state index in [1.807, 2.05) is 36.4 Å². The Morgan fingerprint density at radius 3 is 2.43 bits per heavy atom. The first-order valence-electron chi connectivity index (χ1n) is 9.69. The summed E-state index contributed by atoms with van der Waals surface area (Å²) in [5, 5.41) is 11.9. The van der Waals surface area contributed by atoms with Gasteiger partial charge in [0.05, 0.1) is 17.9 Å². The topological polar surface area (TPSA) is 106 Å². The van der Waals surface area contributed by atoms with Crippen molar-refractivity contribution < 1.29 is 9.53 Å². The van der Waals surface area contributed by atoms with Crippen LogP contribution in [0.4, 0.5) is 10.6 Å². The number of halogens is 1. The van der Waals surface area contributed by atoms with Crippen molar-refractivity contribution in [1.29, 1.82) is 0 Å². The molecule has 2 heterocycles. The van der Waals surface area contributed by atoms with Crippen molar-refractivity contribution in [2.45, 2.75) is 33.2 Å². The minimum atomic E-state index is -0.773. The molecule has 1 atom stereocenters. The Hall–Kier alpha value is -3.06. The summed E-state index contributed by atoms with van der Waals surface area (Å²) in [5.74, 6) is 0.713. The number of hydrogen-bond donors (Lipinski definition) is 3. The lowest BCUT2D eigenvalue weighted by molar-refractivity contribution is 0.146. The molecule has 30 heavy (non-hydrogen) atoms. The third-order valence-corrected chi connectivity index (χ3v) is 5.13. The average Bonchev–Trinajstić information content (AvgIpc) is 3.11. The van der Waals surface area contributed by atoms with Gasteiger partial charge in [-0.25, -0.2) is 4.79 Å². The number of hydrogen-bond acceptors (Lipinski definition) is 5. The van der Waals surface area contributed by atoms with Crippen LogP contribution < -0.4 is 11.1 Å². The van der Waals surface area contributed by atoms with Crippen molar-refractivity contribution >= 4 is 23.5 Å². The molecule has 0 saturated heterocycles. The van der Waals surface area contributed by atoms with Gasteiger partial charge >= 0.3 is 6.09 Å². The van der Waals surface area contributed by atoms with Crippen LogP contribution in [0.1, 0.15) is 27.2 Å². The number of amides is 1. The fourth-order valence-corrected chi connectivity index (χ4v) is 3.36. The highest BCUT2D eigenvalue weighted by molar-refractivity contribution is 6.30. The molecule has 0 spiro atoms. The van der Waals surface area contributed by atoms with E-state index in [9.17, 15) is 4.79 Å². The SMILES string of the molecule is CC(C)(C)C(CCOC(N)=O)Nc1n[nH]c(-c2ccc(Cl)cc2)c1-c1ccncc1. The highest BCUT2D eigenvalue weighted by Gasteiger charge is 2.27. The Kier molecular flexibility index (Phi) is 6.62. The molecule has 158 valence electrons. The van der Waals surface area contributed by atoms with E-state index in [0.29, 0.717) is 17.3 Å². The summed E-state index contributed by atoms with van der Waals surface area (Å²) in [5.41, 5.74) is 8.75. The van der Waals surface area contributed by atoms with E-state index in [1.165, 1.54) is 0 Å². The second-order valence-electron chi connectivity index (χ2n) is 8.08. The number of primary amides is 1. The molecule has 0 bridgehead atoms. The van der Waals surface area contributed by atoms with E-state index in [2.05, 4.69) is 41.3 Å². The molecule has 0 saturated carbocycles. The van der Waals surface area contributed by atoms with Gasteiger partial charge in [-0.15, -0.1) is 0 Å². The summed E-state index contributed by atoms with van der Waals surface area (Å²) in [4.78, 5) is 15.1. The average molecular weight is 428 g/mol. The highest BCUT2D eigenvalue weighted by Crippen LogP contribution is 2.38. The maximum absolute atomic E-state index is 11.0. The van der Waals surface area contributed by atoms with Crippen molar-refractivity contribution in [1.82, 2.24) is 15.2 Å². The summed E-state index contributed by atoms with van der Waals surface area (Å²) >= 11 is 6.06. The summed E-state index contributed by atoms with van der Waals surface area (Å²) in [7, 11) is 0. The predicted octanol–water partition coefficient (Wildman–Crippen LogP) is 5.10. The van der Waals surface area contributed by atoms with Gasteiger partial charge in [0.1, 0.15) is 0 Å². The van der Waals surface area contributed by atoms with Gasteiger partial charge in [0, 0.05) is 35.4 Å². The zero-order chi connectivity index (χ0) is 21.7. The van der Waals surface area contributed by atoms with Crippen LogP contribution in [0.25, 0.3) is 22.4 Å². The number of aromatic amines is 1. The molecule has 1 aromatic carbocycles. The number of ether oxygens (including phenoxy) is 1. The predicted molar refractivity (Wildman–Crippen MR) is 119 cm³/mol. The maximum atomic E-state index is 11.0. The number of pyridine rings is 1. The summed E-state index contributed by atoms with van der Waals surface area (Å²) in [6, 6.07) is 11.5. The van der Waals surface area contributed by atoms with Crippen molar-refractivity contribution in [3.05, 3.63) is 53.8 Å². The molecular formula is C22H26ClN5O2. The van der Waals surface area contributed by atoms with Crippen molar-refractivity contribution in [3.63, 3.8) is 0 Å². The Bertz CT molecular complexity index is 981. The largest absolute Gasteiger partial charge is 0.450 e. The van der Waals surface area contributed by atoms with Gasteiger partial charge in [-0.05, 0) is 35.2 Å². The van der Waals surface area contributed by atoms with E-state index in [4.69, 9.17) is 22.1 Å². The van der Waals surface area contributed by atoms with Crippen LogP contribution in [0.2, 0.25) is 5.02 Å². The van der Waals surface area contributed by atoms with E-state index in [0.717, 1.165) is 22.4 Å². The maximum Gasteiger partial charge on any atom is 0.404 e. The fourth-order valence-electron chi connectivity index (χ4n) is 3.24. The molecule has 4 N–H and O–H groups in total. The minimum Gasteiger partial charge on any atom is -0.450 e. The number of anilines is 1. The van der Waals surface area contributed by atoms with Crippen LogP contribution in [-0.4, -0.2) is 33.9 Å². The minimum absolute atomic E-state index is 0.0150. The standard InChI is InChI=1S/C22H26ClN5O2/c1-22(2,3)17(10-13-30-21(24)29)26-20-18(14-8-11-25-12-9-14)19(27-28-20)15-4-6-16(23)7-5-15/h4-9,11-12,17H,10,13H2,1-3H3,(H2,24,29)(H2,26,27,28). The lowest BCUT2D eigenvalue weighted by Crippen LogP contribution is -2.36. The quantitative estimate of drug-likeness (QED) is 0.486. The lowest BCUT2D eigenvalue weighted by Gasteiger charge is -2.31. The second-order valence-corrected chi connectivity index (χ2v) is 8.52. The Balaban J connectivity index is 1.99. The van der Waals surface area contributed by atoms with Gasteiger partial charge < -0.3 is 15.8 Å². The Labute approximate surface area is 181 Å². The van der Waals surface area contributed by atoms with E-state index in [-0.39, 0.29) is 18.1 Å². The molecule has 1 unspecified atom stereocenters. The molecule has 8 heteroatoms. The number of carbonyl (C=O) groups is 1. The molecule has 3 rings (SSSR count). The molecule has 7 nitrogen and oxygen atoms in total. The van der Waals surface area contributed by atoms with Gasteiger partial charge in [0.15, 0.2) is 5.82 Å². The summed E-state index contributed by atoms with van der Waals surface area (Å²) < 4.78 is 4.96. The number of nitrogens with two attached hydrogens (primary N) is 1. The molecule has 0 fully saturated rings. The third kappa shape index (κ3) is 5.30. The van der Waals surface area contributed by atoms with Crippen LogP contribution in [0.5, 0.6) is 0 Å². The fraction of sp³-hybridized carbons (Fsp3) is 0.318. The number of nitrogens with one attached hydrogen (secondary N) is 2. The number of H-pyrrole nitrogens is 1. The second kappa shape index (κ2) is 9.17. The first kappa shape index (κ1) is 21.6. The highest BCUT2D eigenvalue weighted by atomic mass is 35.5. The van der Waals surface area contributed by atoms with Gasteiger partial charge in [-0.2, -0.15) is 5.10 Å². The van der Waals surface area contributed by atoms with Crippen molar-refractivity contribution in [2.24, 2.45) is 11.1 Å². The first-order chi connectivity index (χ1) is 14.3. The molecule has 2 aromatic heterocycles. The van der Waals surface area contributed by atoms with Crippen LogP contribution >= 0.6 is 11.6 Å². The van der Waals surface area contributed by atoms with Crippen molar-refractivity contribution in [2.75, 3.05) is 11.9 Å². The summed E-state index contributed by atoms with van der Waals surface area (Å²) in [6.07, 6.45) is 3.31. The van der Waals surface area contributed by atoms with Gasteiger partial charge in [-0.3, -0.25) is 10.1 Å². The van der Waals surface area contributed by atoms with Crippen LogP contribution in [0, 0.1) is 5.41 Å². The van der Waals surface area contributed by atoms with E-state index in [1.54, 1.807) is 12.4 Å². The van der Waals surface area contributed by atoms with Crippen LogP contribution in [0.15, 0.2) is 48.8 Å². The number of aromatic nitrogens is 3. The van der Waals surface area contributed by atoms with E-state index >= 15 is 0 Å². The van der Waals surface area contributed by atoms with Crippen LogP contribution in [-0.2, 0) is 4.74 Å². The number of nitrogens with zero attached hydrogens (tertiary/aromatic N) is 2. The van der Waals surface area contributed by atoms with Gasteiger partial charge in [-0.1, -0.05) is 44.5 Å². The molecule has 0 aliphatic rings. The summed E-state index contributed by atoms with van der Waals surface area (Å²) in [6.45, 7) is 6.58.